The molecule has 0 bridgehead atoms. The van der Waals surface area contributed by atoms with Crippen molar-refractivity contribution in [2.75, 3.05) is 11.1 Å². The SMILES string of the molecule is Cc1ccnc(NC2CCCCCCC2)c1N. The van der Waals surface area contributed by atoms with Gasteiger partial charge in [0, 0.05) is 12.2 Å². The number of rotatable bonds is 2. The predicted molar refractivity (Wildman–Crippen MR) is 73.1 cm³/mol. The van der Waals surface area contributed by atoms with E-state index in [-0.39, 0.29) is 0 Å². The van der Waals surface area contributed by atoms with Crippen LogP contribution < -0.4 is 11.1 Å². The van der Waals surface area contributed by atoms with Crippen LogP contribution >= 0.6 is 0 Å². The lowest BCUT2D eigenvalue weighted by atomic mass is 9.96. The zero-order valence-corrected chi connectivity index (χ0v) is 10.7. The molecule has 1 aromatic rings. The minimum atomic E-state index is 0.548. The third-order valence-electron chi connectivity index (χ3n) is 3.65. The first-order valence-electron chi connectivity index (χ1n) is 6.75. The lowest BCUT2D eigenvalue weighted by Crippen LogP contribution is -2.22. The Kier molecular flexibility index (Phi) is 4.24. The number of nitrogens with zero attached hydrogens (tertiary/aromatic N) is 1. The molecule has 0 amide bonds. The van der Waals surface area contributed by atoms with E-state index in [9.17, 15) is 0 Å². The number of hydrogen-bond donors (Lipinski definition) is 2. The second-order valence-electron chi connectivity index (χ2n) is 5.08. The molecule has 0 aromatic carbocycles. The number of nitrogen functional groups attached to an aromatic ring is 1. The van der Waals surface area contributed by atoms with Crippen LogP contribution in [0.1, 0.15) is 50.5 Å². The average Bonchev–Trinajstić information content (AvgIpc) is 2.28. The van der Waals surface area contributed by atoms with Crippen molar-refractivity contribution in [3.05, 3.63) is 17.8 Å². The predicted octanol–water partition coefficient (Wildman–Crippen LogP) is 3.50. The highest BCUT2D eigenvalue weighted by Gasteiger charge is 2.13. The normalized spacial score (nSPS) is 18.4. The molecule has 0 atom stereocenters. The monoisotopic (exact) mass is 233 g/mol. The second kappa shape index (κ2) is 5.89. The van der Waals surface area contributed by atoms with Gasteiger partial charge in [-0.05, 0) is 31.4 Å². The van der Waals surface area contributed by atoms with Gasteiger partial charge in [0.05, 0.1) is 5.69 Å². The van der Waals surface area contributed by atoms with Crippen molar-refractivity contribution in [2.45, 2.75) is 57.9 Å². The average molecular weight is 233 g/mol. The van der Waals surface area contributed by atoms with Crippen LogP contribution in [0.4, 0.5) is 11.5 Å². The summed E-state index contributed by atoms with van der Waals surface area (Å²) in [6.45, 7) is 2.03. The van der Waals surface area contributed by atoms with E-state index >= 15 is 0 Å². The molecule has 1 aliphatic rings. The van der Waals surface area contributed by atoms with Gasteiger partial charge < -0.3 is 11.1 Å². The summed E-state index contributed by atoms with van der Waals surface area (Å²) in [6.07, 6.45) is 11.1. The third-order valence-corrected chi connectivity index (χ3v) is 3.65. The Hall–Kier alpha value is -1.25. The van der Waals surface area contributed by atoms with Gasteiger partial charge in [-0.1, -0.05) is 32.1 Å². The minimum Gasteiger partial charge on any atom is -0.396 e. The summed E-state index contributed by atoms with van der Waals surface area (Å²) in [5.74, 6) is 0.871. The lowest BCUT2D eigenvalue weighted by Gasteiger charge is -2.22. The molecule has 3 heteroatoms. The highest BCUT2D eigenvalue weighted by Crippen LogP contribution is 2.24. The number of pyridine rings is 1. The van der Waals surface area contributed by atoms with Crippen molar-refractivity contribution in [1.29, 1.82) is 0 Å². The Morgan fingerprint density at radius 1 is 1.18 bits per heavy atom. The van der Waals surface area contributed by atoms with Gasteiger partial charge in [-0.25, -0.2) is 4.98 Å². The van der Waals surface area contributed by atoms with E-state index in [0.29, 0.717) is 6.04 Å². The molecule has 0 spiro atoms. The van der Waals surface area contributed by atoms with Gasteiger partial charge >= 0.3 is 0 Å². The molecular weight excluding hydrogens is 210 g/mol. The van der Waals surface area contributed by atoms with Gasteiger partial charge in [0.1, 0.15) is 5.82 Å². The molecule has 1 saturated carbocycles. The molecule has 94 valence electrons. The molecule has 1 aliphatic carbocycles. The van der Waals surface area contributed by atoms with Crippen LogP contribution in [-0.2, 0) is 0 Å². The summed E-state index contributed by atoms with van der Waals surface area (Å²) in [5, 5.41) is 3.52. The van der Waals surface area contributed by atoms with Gasteiger partial charge in [-0.15, -0.1) is 0 Å². The van der Waals surface area contributed by atoms with E-state index in [1.807, 2.05) is 19.2 Å². The van der Waals surface area contributed by atoms with Crippen molar-refractivity contribution >= 4 is 11.5 Å². The highest BCUT2D eigenvalue weighted by atomic mass is 15.0. The van der Waals surface area contributed by atoms with Crippen LogP contribution in [0.25, 0.3) is 0 Å². The number of anilines is 2. The quantitative estimate of drug-likeness (QED) is 0.822. The van der Waals surface area contributed by atoms with Gasteiger partial charge in [0.25, 0.3) is 0 Å². The van der Waals surface area contributed by atoms with E-state index in [4.69, 9.17) is 5.73 Å². The fourth-order valence-corrected chi connectivity index (χ4v) is 2.48. The number of aromatic nitrogens is 1. The molecule has 0 saturated heterocycles. The number of hydrogen-bond acceptors (Lipinski definition) is 3. The van der Waals surface area contributed by atoms with Crippen LogP contribution in [0, 0.1) is 6.92 Å². The Morgan fingerprint density at radius 3 is 2.53 bits per heavy atom. The maximum atomic E-state index is 6.04. The second-order valence-corrected chi connectivity index (χ2v) is 5.08. The zero-order valence-electron chi connectivity index (χ0n) is 10.7. The topological polar surface area (TPSA) is 50.9 Å². The Morgan fingerprint density at radius 2 is 1.82 bits per heavy atom. The molecule has 0 unspecified atom stereocenters. The summed E-state index contributed by atoms with van der Waals surface area (Å²) >= 11 is 0. The molecule has 0 radical (unpaired) electrons. The van der Waals surface area contributed by atoms with Crippen LogP contribution in [0.5, 0.6) is 0 Å². The smallest absolute Gasteiger partial charge is 0.149 e. The van der Waals surface area contributed by atoms with E-state index < -0.39 is 0 Å². The summed E-state index contributed by atoms with van der Waals surface area (Å²) in [5.41, 5.74) is 7.95. The largest absolute Gasteiger partial charge is 0.396 e. The maximum absolute atomic E-state index is 6.04. The molecule has 1 heterocycles. The van der Waals surface area contributed by atoms with Crippen molar-refractivity contribution in [2.24, 2.45) is 0 Å². The lowest BCUT2D eigenvalue weighted by molar-refractivity contribution is 0.471. The molecule has 0 aliphatic heterocycles. The summed E-state index contributed by atoms with van der Waals surface area (Å²) in [6, 6.07) is 2.51. The van der Waals surface area contributed by atoms with E-state index in [2.05, 4.69) is 10.3 Å². The van der Waals surface area contributed by atoms with Gasteiger partial charge in [0.15, 0.2) is 0 Å². The molecule has 1 aromatic heterocycles. The Labute approximate surface area is 104 Å². The molecule has 17 heavy (non-hydrogen) atoms. The van der Waals surface area contributed by atoms with Crippen LogP contribution in [-0.4, -0.2) is 11.0 Å². The molecule has 2 rings (SSSR count). The van der Waals surface area contributed by atoms with Crippen LogP contribution in [0.3, 0.4) is 0 Å². The minimum absolute atomic E-state index is 0.548. The van der Waals surface area contributed by atoms with E-state index in [0.717, 1.165) is 17.1 Å². The van der Waals surface area contributed by atoms with Crippen molar-refractivity contribution < 1.29 is 0 Å². The molecule has 3 nitrogen and oxygen atoms in total. The van der Waals surface area contributed by atoms with E-state index in [1.54, 1.807) is 0 Å². The maximum Gasteiger partial charge on any atom is 0.149 e. The third kappa shape index (κ3) is 3.35. The number of nitrogens with two attached hydrogens (primary N) is 1. The first kappa shape index (κ1) is 12.2. The van der Waals surface area contributed by atoms with Gasteiger partial charge in [-0.3, -0.25) is 0 Å². The first-order chi connectivity index (χ1) is 8.27. The van der Waals surface area contributed by atoms with Crippen LogP contribution in [0.2, 0.25) is 0 Å². The zero-order chi connectivity index (χ0) is 12.1. The van der Waals surface area contributed by atoms with Crippen molar-refractivity contribution in [3.63, 3.8) is 0 Å². The summed E-state index contributed by atoms with van der Waals surface area (Å²) in [7, 11) is 0. The summed E-state index contributed by atoms with van der Waals surface area (Å²) < 4.78 is 0. The summed E-state index contributed by atoms with van der Waals surface area (Å²) in [4.78, 5) is 4.35. The molecular formula is C14H23N3. The molecule has 1 fully saturated rings. The standard InChI is InChI=1S/C14H23N3/c1-11-9-10-16-14(13(11)15)17-12-7-5-3-2-4-6-8-12/h9-10,12H,2-8,15H2,1H3,(H,16,17). The molecule has 3 N–H and O–H groups in total. The van der Waals surface area contributed by atoms with Gasteiger partial charge in [-0.2, -0.15) is 0 Å². The fraction of sp³-hybridized carbons (Fsp3) is 0.643. The van der Waals surface area contributed by atoms with Crippen molar-refractivity contribution in [1.82, 2.24) is 4.98 Å². The van der Waals surface area contributed by atoms with Crippen molar-refractivity contribution in [3.8, 4) is 0 Å². The van der Waals surface area contributed by atoms with E-state index in [1.165, 1.54) is 44.9 Å². The Bertz CT molecular complexity index is 354. The van der Waals surface area contributed by atoms with Crippen LogP contribution in [0.15, 0.2) is 12.3 Å². The number of aryl methyl sites for hydroxylation is 1. The van der Waals surface area contributed by atoms with Gasteiger partial charge in [0.2, 0.25) is 0 Å². The number of nitrogens with one attached hydrogen (secondary N) is 1. The Balaban J connectivity index is 2.00. The first-order valence-corrected chi connectivity index (χ1v) is 6.75. The fourth-order valence-electron chi connectivity index (χ4n) is 2.48. The highest BCUT2D eigenvalue weighted by molar-refractivity contribution is 5.65.